The van der Waals surface area contributed by atoms with Gasteiger partial charge in [0.1, 0.15) is 17.2 Å². The lowest BCUT2D eigenvalue weighted by atomic mass is 9.95. The summed E-state index contributed by atoms with van der Waals surface area (Å²) >= 11 is 6.18. The third-order valence-corrected chi connectivity index (χ3v) is 5.97. The Morgan fingerprint density at radius 1 is 1.24 bits per heavy atom. The molecule has 10 heteroatoms. The van der Waals surface area contributed by atoms with Gasteiger partial charge in [0.2, 0.25) is 5.82 Å². The van der Waals surface area contributed by atoms with Gasteiger partial charge < -0.3 is 5.32 Å². The zero-order valence-electron chi connectivity index (χ0n) is 18.7. The first-order chi connectivity index (χ1) is 15.9. The maximum atomic E-state index is 13.3. The molecule has 4 aromatic heterocycles. The summed E-state index contributed by atoms with van der Waals surface area (Å²) in [6, 6.07) is 7.48. The van der Waals surface area contributed by atoms with Crippen molar-refractivity contribution in [3.63, 3.8) is 0 Å². The summed E-state index contributed by atoms with van der Waals surface area (Å²) in [4.78, 5) is 22.1. The van der Waals surface area contributed by atoms with Gasteiger partial charge in [-0.2, -0.15) is 5.10 Å². The summed E-state index contributed by atoms with van der Waals surface area (Å²) in [6.07, 6.45) is 3.47. The van der Waals surface area contributed by atoms with Crippen LogP contribution in [0.4, 0.5) is 5.69 Å². The molecule has 1 unspecified atom stereocenters. The van der Waals surface area contributed by atoms with Crippen LogP contribution in [0.25, 0.3) is 33.3 Å². The fraction of sp³-hybridized carbons (Fsp3) is 0.261. The van der Waals surface area contributed by atoms with E-state index >= 15 is 0 Å². The van der Waals surface area contributed by atoms with Crippen molar-refractivity contribution in [2.75, 3.05) is 5.32 Å². The molecule has 0 aliphatic heterocycles. The zero-order valence-corrected chi connectivity index (χ0v) is 19.5. The smallest absolute Gasteiger partial charge is 0.260 e. The largest absolute Gasteiger partial charge is 0.377 e. The number of aromatic amines is 1. The maximum absolute atomic E-state index is 13.3. The summed E-state index contributed by atoms with van der Waals surface area (Å²) in [5.41, 5.74) is 3.92. The highest BCUT2D eigenvalue weighted by Crippen LogP contribution is 2.34. The Morgan fingerprint density at radius 2 is 2.06 bits per heavy atom. The molecule has 9 nitrogen and oxygen atoms in total. The second kappa shape index (κ2) is 8.00. The van der Waals surface area contributed by atoms with Gasteiger partial charge in [-0.3, -0.25) is 19.1 Å². The van der Waals surface area contributed by atoms with Crippen LogP contribution < -0.4 is 10.9 Å². The van der Waals surface area contributed by atoms with Crippen molar-refractivity contribution in [1.82, 2.24) is 34.5 Å². The predicted molar refractivity (Wildman–Crippen MR) is 130 cm³/mol. The van der Waals surface area contributed by atoms with E-state index in [1.807, 2.05) is 32.2 Å². The summed E-state index contributed by atoms with van der Waals surface area (Å²) in [6.45, 7) is 6.54. The summed E-state index contributed by atoms with van der Waals surface area (Å²) in [5.74, 6) is 0.479. The quantitative estimate of drug-likeness (QED) is 0.379. The number of aryl methyl sites for hydroxylation is 3. The summed E-state index contributed by atoms with van der Waals surface area (Å²) in [7, 11) is 1.80. The molecule has 0 aliphatic rings. The summed E-state index contributed by atoms with van der Waals surface area (Å²) < 4.78 is 3.32. The first kappa shape index (κ1) is 21.1. The van der Waals surface area contributed by atoms with Gasteiger partial charge in [0, 0.05) is 42.0 Å². The highest BCUT2D eigenvalue weighted by Gasteiger charge is 2.20. The number of benzene rings is 1. The molecule has 0 spiro atoms. The van der Waals surface area contributed by atoms with Crippen LogP contribution in [0.3, 0.4) is 0 Å². The SMILES string of the molecule is CCn1c(=O)c2cc(C)cc(C(C)Nc3ccc(Cl)nc3-c3ncn(C)n3)c2c2c[nH]nc21. The lowest BCUT2D eigenvalue weighted by molar-refractivity contribution is 0.753. The van der Waals surface area contributed by atoms with Crippen LogP contribution in [0.15, 0.2) is 41.6 Å². The molecular formula is C23H23ClN8O. The van der Waals surface area contributed by atoms with Gasteiger partial charge in [0.15, 0.2) is 5.65 Å². The number of rotatable bonds is 5. The van der Waals surface area contributed by atoms with Crippen molar-refractivity contribution in [2.24, 2.45) is 7.05 Å². The third-order valence-electron chi connectivity index (χ3n) is 5.76. The van der Waals surface area contributed by atoms with Crippen LogP contribution in [0.5, 0.6) is 0 Å². The number of aromatic nitrogens is 7. The fourth-order valence-electron chi connectivity index (χ4n) is 4.31. The Balaban J connectivity index is 1.68. The number of nitrogens with one attached hydrogen (secondary N) is 2. The van der Waals surface area contributed by atoms with E-state index in [1.54, 1.807) is 28.7 Å². The molecule has 4 heterocycles. The van der Waals surface area contributed by atoms with Crippen LogP contribution in [0, 0.1) is 6.92 Å². The number of anilines is 1. The molecule has 5 rings (SSSR count). The Labute approximate surface area is 194 Å². The molecule has 2 N–H and O–H groups in total. The van der Waals surface area contributed by atoms with Crippen LogP contribution in [0.1, 0.15) is 31.0 Å². The van der Waals surface area contributed by atoms with E-state index in [0.717, 1.165) is 27.6 Å². The number of halogens is 1. The molecule has 0 saturated heterocycles. The van der Waals surface area contributed by atoms with Crippen molar-refractivity contribution in [3.8, 4) is 11.5 Å². The molecular weight excluding hydrogens is 440 g/mol. The van der Waals surface area contributed by atoms with Crippen LogP contribution in [-0.2, 0) is 13.6 Å². The van der Waals surface area contributed by atoms with Gasteiger partial charge in [-0.05, 0) is 50.1 Å². The molecule has 1 atom stereocenters. The lowest BCUT2D eigenvalue weighted by Crippen LogP contribution is -2.21. The minimum atomic E-state index is -0.159. The predicted octanol–water partition coefficient (Wildman–Crippen LogP) is 4.22. The molecule has 5 aromatic rings. The zero-order chi connectivity index (χ0) is 23.3. The van der Waals surface area contributed by atoms with Gasteiger partial charge in [-0.25, -0.2) is 9.97 Å². The average Bonchev–Trinajstić information content (AvgIpc) is 3.44. The Hall–Kier alpha value is -3.72. The molecule has 1 aromatic carbocycles. The highest BCUT2D eigenvalue weighted by atomic mass is 35.5. The topological polar surface area (TPSA) is 106 Å². The minimum absolute atomic E-state index is 0.0456. The van der Waals surface area contributed by atoms with E-state index in [4.69, 9.17) is 11.6 Å². The molecule has 0 saturated carbocycles. The standard InChI is InChI=1S/C23H23ClN8O/c1-5-32-22-16(10-26-29-22)19-14(8-12(2)9-15(19)23(32)33)13(3)27-17-6-7-18(24)28-20(17)21-25-11-31(4)30-21/h6-11,13,27H,5H2,1-4H3,(H,26,29). The maximum Gasteiger partial charge on any atom is 0.260 e. The van der Waals surface area contributed by atoms with Crippen LogP contribution in [-0.4, -0.2) is 34.5 Å². The molecule has 0 bridgehead atoms. The van der Waals surface area contributed by atoms with Gasteiger partial charge in [0.25, 0.3) is 5.56 Å². The summed E-state index contributed by atoms with van der Waals surface area (Å²) in [5, 5.41) is 18.0. The van der Waals surface area contributed by atoms with E-state index < -0.39 is 0 Å². The van der Waals surface area contributed by atoms with Crippen LogP contribution in [0.2, 0.25) is 5.15 Å². The molecule has 0 radical (unpaired) electrons. The second-order valence-electron chi connectivity index (χ2n) is 8.09. The van der Waals surface area contributed by atoms with Crippen molar-refractivity contribution < 1.29 is 0 Å². The number of nitrogens with zero attached hydrogens (tertiary/aromatic N) is 6. The molecule has 0 aliphatic carbocycles. The van der Waals surface area contributed by atoms with Crippen molar-refractivity contribution in [3.05, 3.63) is 63.4 Å². The Bertz CT molecular complexity index is 1560. The first-order valence-electron chi connectivity index (χ1n) is 10.7. The van der Waals surface area contributed by atoms with Crippen molar-refractivity contribution in [1.29, 1.82) is 0 Å². The average molecular weight is 463 g/mol. The highest BCUT2D eigenvalue weighted by molar-refractivity contribution is 6.29. The minimum Gasteiger partial charge on any atom is -0.377 e. The lowest BCUT2D eigenvalue weighted by Gasteiger charge is -2.20. The number of pyridine rings is 2. The third kappa shape index (κ3) is 3.54. The monoisotopic (exact) mass is 462 g/mol. The van der Waals surface area contributed by atoms with Gasteiger partial charge >= 0.3 is 0 Å². The molecule has 168 valence electrons. The van der Waals surface area contributed by atoms with Gasteiger partial charge in [-0.1, -0.05) is 17.7 Å². The van der Waals surface area contributed by atoms with Gasteiger partial charge in [-0.15, -0.1) is 5.10 Å². The van der Waals surface area contributed by atoms with Crippen molar-refractivity contribution in [2.45, 2.75) is 33.4 Å². The first-order valence-corrected chi connectivity index (χ1v) is 11.0. The molecule has 0 amide bonds. The number of hydrogen-bond donors (Lipinski definition) is 2. The number of H-pyrrole nitrogens is 1. The van der Waals surface area contributed by atoms with Crippen molar-refractivity contribution >= 4 is 39.1 Å². The van der Waals surface area contributed by atoms with E-state index in [-0.39, 0.29) is 11.6 Å². The normalized spacial score (nSPS) is 12.5. The van der Waals surface area contributed by atoms with E-state index in [0.29, 0.717) is 34.2 Å². The number of hydrogen-bond acceptors (Lipinski definition) is 6. The van der Waals surface area contributed by atoms with E-state index in [2.05, 4.69) is 43.6 Å². The Morgan fingerprint density at radius 3 is 2.79 bits per heavy atom. The fourth-order valence-corrected chi connectivity index (χ4v) is 4.46. The van der Waals surface area contributed by atoms with Gasteiger partial charge in [0.05, 0.1) is 5.69 Å². The Kier molecular flexibility index (Phi) is 5.13. The number of fused-ring (bicyclic) bond motifs is 3. The molecule has 0 fully saturated rings. The van der Waals surface area contributed by atoms with Crippen LogP contribution >= 0.6 is 11.6 Å². The van der Waals surface area contributed by atoms with E-state index in [1.165, 1.54) is 0 Å². The second-order valence-corrected chi connectivity index (χ2v) is 8.47. The molecule has 33 heavy (non-hydrogen) atoms. The van der Waals surface area contributed by atoms with E-state index in [9.17, 15) is 4.79 Å².